The molecule has 0 aliphatic carbocycles. The van der Waals surface area contributed by atoms with Crippen LogP contribution in [0.3, 0.4) is 0 Å². The second-order valence-corrected chi connectivity index (χ2v) is 7.58. The molecule has 0 heterocycles. The van der Waals surface area contributed by atoms with E-state index in [0.29, 0.717) is 12.0 Å². The quantitative estimate of drug-likeness (QED) is 0.715. The third-order valence-electron chi connectivity index (χ3n) is 3.22. The molecule has 2 N–H and O–H groups in total. The van der Waals surface area contributed by atoms with E-state index in [0.717, 1.165) is 12.5 Å². The van der Waals surface area contributed by atoms with Gasteiger partial charge >= 0.3 is 0 Å². The third kappa shape index (κ3) is 4.20. The van der Waals surface area contributed by atoms with Crippen LogP contribution in [-0.4, -0.2) is 19.3 Å². The number of carbonyl (C=O) groups excluding carboxylic acids is 1. The average molecular weight is 388 g/mol. The lowest BCUT2D eigenvalue weighted by atomic mass is 10.1. The lowest BCUT2D eigenvalue weighted by Crippen LogP contribution is -2.13. The molecule has 2 aromatic rings. The molecule has 128 valence electrons. The van der Waals surface area contributed by atoms with Gasteiger partial charge in [-0.25, -0.2) is 8.42 Å². The van der Waals surface area contributed by atoms with E-state index in [1.807, 2.05) is 6.92 Å². The van der Waals surface area contributed by atoms with Crippen LogP contribution in [0.4, 0.5) is 5.69 Å². The molecule has 0 aromatic heterocycles. The summed E-state index contributed by atoms with van der Waals surface area (Å²) < 4.78 is 27.1. The summed E-state index contributed by atoms with van der Waals surface area (Å²) in [4.78, 5) is 11.4. The topological polar surface area (TPSA) is 83.5 Å². The predicted molar refractivity (Wildman–Crippen MR) is 94.6 cm³/mol. The molecular formula is C16H15Cl2NO4S. The molecule has 24 heavy (non-hydrogen) atoms. The zero-order chi connectivity index (χ0) is 17.9. The Morgan fingerprint density at radius 3 is 2.38 bits per heavy atom. The number of aromatic hydroxyl groups is 1. The van der Waals surface area contributed by atoms with Gasteiger partial charge < -0.3 is 5.11 Å². The van der Waals surface area contributed by atoms with Gasteiger partial charge in [-0.1, -0.05) is 30.1 Å². The lowest BCUT2D eigenvalue weighted by molar-refractivity contribution is 0.0982. The van der Waals surface area contributed by atoms with Gasteiger partial charge in [-0.05, 0) is 42.8 Å². The maximum absolute atomic E-state index is 12.4. The Hall–Kier alpha value is -1.76. The van der Waals surface area contributed by atoms with Crippen LogP contribution in [0, 0.1) is 0 Å². The SMILES string of the molecule is CCCC(=O)c1ccc(NS(=O)(=O)c2cc(Cl)cc(Cl)c2O)cc1. The fraction of sp³-hybridized carbons (Fsp3) is 0.188. The molecule has 0 spiro atoms. The van der Waals surface area contributed by atoms with Crippen molar-refractivity contribution in [3.8, 4) is 5.75 Å². The van der Waals surface area contributed by atoms with Crippen LogP contribution in [-0.2, 0) is 10.0 Å². The summed E-state index contributed by atoms with van der Waals surface area (Å²) in [5, 5.41) is 9.78. The summed E-state index contributed by atoms with van der Waals surface area (Å²) in [6, 6.07) is 8.38. The van der Waals surface area contributed by atoms with Crippen molar-refractivity contribution in [2.45, 2.75) is 24.7 Å². The second kappa shape index (κ2) is 7.42. The van der Waals surface area contributed by atoms with Crippen molar-refractivity contribution < 1.29 is 18.3 Å². The second-order valence-electron chi connectivity index (χ2n) is 5.09. The van der Waals surface area contributed by atoms with Gasteiger partial charge in [-0.2, -0.15) is 0 Å². The molecule has 0 saturated carbocycles. The van der Waals surface area contributed by atoms with E-state index in [2.05, 4.69) is 4.72 Å². The normalized spacial score (nSPS) is 11.3. The number of halogens is 2. The molecule has 0 atom stereocenters. The molecule has 8 heteroatoms. The molecule has 0 aliphatic heterocycles. The van der Waals surface area contributed by atoms with E-state index < -0.39 is 20.7 Å². The molecule has 0 aliphatic rings. The number of anilines is 1. The van der Waals surface area contributed by atoms with Gasteiger partial charge in [0.15, 0.2) is 11.5 Å². The highest BCUT2D eigenvalue weighted by atomic mass is 35.5. The Kier molecular flexibility index (Phi) is 5.74. The van der Waals surface area contributed by atoms with Crippen molar-refractivity contribution in [1.82, 2.24) is 0 Å². The van der Waals surface area contributed by atoms with Crippen molar-refractivity contribution >= 4 is 44.7 Å². The molecule has 2 rings (SSSR count). The van der Waals surface area contributed by atoms with Gasteiger partial charge in [0.2, 0.25) is 0 Å². The highest BCUT2D eigenvalue weighted by Crippen LogP contribution is 2.35. The zero-order valence-electron chi connectivity index (χ0n) is 12.7. The molecule has 0 fully saturated rings. The summed E-state index contributed by atoms with van der Waals surface area (Å²) in [6.07, 6.45) is 1.17. The number of ketones is 1. The van der Waals surface area contributed by atoms with Crippen molar-refractivity contribution in [2.24, 2.45) is 0 Å². The zero-order valence-corrected chi connectivity index (χ0v) is 15.0. The van der Waals surface area contributed by atoms with Crippen molar-refractivity contribution in [3.05, 3.63) is 52.0 Å². The first-order valence-corrected chi connectivity index (χ1v) is 9.32. The number of hydrogen-bond donors (Lipinski definition) is 2. The van der Waals surface area contributed by atoms with Crippen LogP contribution < -0.4 is 4.72 Å². The number of benzene rings is 2. The largest absolute Gasteiger partial charge is 0.505 e. The Bertz CT molecular complexity index is 864. The van der Waals surface area contributed by atoms with Crippen LogP contribution in [0.15, 0.2) is 41.3 Å². The van der Waals surface area contributed by atoms with Crippen LogP contribution in [0.25, 0.3) is 0 Å². The predicted octanol–water partition coefficient (Wildman–Crippen LogP) is 4.48. The summed E-state index contributed by atoms with van der Waals surface area (Å²) in [5.74, 6) is -0.588. The Morgan fingerprint density at radius 1 is 1.17 bits per heavy atom. The summed E-state index contributed by atoms with van der Waals surface area (Å²) in [5.41, 5.74) is 0.756. The first-order chi connectivity index (χ1) is 11.2. The van der Waals surface area contributed by atoms with E-state index in [-0.39, 0.29) is 21.5 Å². The van der Waals surface area contributed by atoms with Crippen molar-refractivity contribution in [2.75, 3.05) is 4.72 Å². The standard InChI is InChI=1S/C16H15Cl2NO4S/c1-2-3-14(20)10-4-6-12(7-5-10)19-24(22,23)15-9-11(17)8-13(18)16(15)21/h4-9,19,21H,2-3H2,1H3. The number of hydrogen-bond acceptors (Lipinski definition) is 4. The van der Waals surface area contributed by atoms with Gasteiger partial charge in [-0.3, -0.25) is 9.52 Å². The maximum Gasteiger partial charge on any atom is 0.265 e. The fourth-order valence-electron chi connectivity index (χ4n) is 2.05. The first-order valence-electron chi connectivity index (χ1n) is 7.08. The monoisotopic (exact) mass is 387 g/mol. The van der Waals surface area contributed by atoms with E-state index in [9.17, 15) is 18.3 Å². The van der Waals surface area contributed by atoms with Crippen LogP contribution in [0.1, 0.15) is 30.1 Å². The number of sulfonamides is 1. The Labute approximate surface area is 150 Å². The molecule has 0 saturated heterocycles. The molecule has 0 unspecified atom stereocenters. The van der Waals surface area contributed by atoms with Gasteiger partial charge in [-0.15, -0.1) is 0 Å². The minimum absolute atomic E-state index is 0.00817. The van der Waals surface area contributed by atoms with Gasteiger partial charge in [0.1, 0.15) is 4.90 Å². The van der Waals surface area contributed by atoms with E-state index in [4.69, 9.17) is 23.2 Å². The fourth-order valence-corrected chi connectivity index (χ4v) is 3.87. The number of rotatable bonds is 6. The van der Waals surface area contributed by atoms with Gasteiger partial charge in [0.05, 0.1) is 5.02 Å². The highest BCUT2D eigenvalue weighted by molar-refractivity contribution is 7.92. The molecule has 2 aromatic carbocycles. The minimum atomic E-state index is -4.09. The highest BCUT2D eigenvalue weighted by Gasteiger charge is 2.22. The first kappa shape index (κ1) is 18.6. The molecule has 5 nitrogen and oxygen atoms in total. The summed E-state index contributed by atoms with van der Waals surface area (Å²) >= 11 is 11.5. The van der Waals surface area contributed by atoms with E-state index in [1.54, 1.807) is 12.1 Å². The Morgan fingerprint density at radius 2 is 1.79 bits per heavy atom. The van der Waals surface area contributed by atoms with E-state index >= 15 is 0 Å². The minimum Gasteiger partial charge on any atom is -0.505 e. The van der Waals surface area contributed by atoms with Gasteiger partial charge in [0.25, 0.3) is 10.0 Å². The summed E-state index contributed by atoms with van der Waals surface area (Å²) in [7, 11) is -4.09. The molecule has 0 radical (unpaired) electrons. The van der Waals surface area contributed by atoms with E-state index in [1.165, 1.54) is 18.2 Å². The van der Waals surface area contributed by atoms with Crippen molar-refractivity contribution in [3.63, 3.8) is 0 Å². The van der Waals surface area contributed by atoms with Crippen LogP contribution >= 0.6 is 23.2 Å². The Balaban J connectivity index is 2.29. The lowest BCUT2D eigenvalue weighted by Gasteiger charge is -2.11. The van der Waals surface area contributed by atoms with Gasteiger partial charge in [0, 0.05) is 22.7 Å². The number of phenolic OH excluding ortho intramolecular Hbond substituents is 1. The summed E-state index contributed by atoms with van der Waals surface area (Å²) in [6.45, 7) is 1.91. The van der Waals surface area contributed by atoms with Crippen LogP contribution in [0.2, 0.25) is 10.0 Å². The molecular weight excluding hydrogens is 373 g/mol. The van der Waals surface area contributed by atoms with Crippen LogP contribution in [0.5, 0.6) is 5.75 Å². The number of Topliss-reactive ketones (excluding diaryl/α,β-unsaturated/α-hetero) is 1. The average Bonchev–Trinajstić information content (AvgIpc) is 2.51. The third-order valence-corrected chi connectivity index (χ3v) is 5.12. The smallest absolute Gasteiger partial charge is 0.265 e. The molecule has 0 amide bonds. The number of carbonyl (C=O) groups is 1. The molecule has 0 bridgehead atoms. The maximum atomic E-state index is 12.4. The van der Waals surface area contributed by atoms with Crippen molar-refractivity contribution in [1.29, 1.82) is 0 Å². The number of phenols is 1. The number of nitrogens with one attached hydrogen (secondary N) is 1.